The van der Waals surface area contributed by atoms with E-state index in [1.165, 1.54) is 19.9 Å². The zero-order valence-corrected chi connectivity index (χ0v) is 11.4. The zero-order valence-electron chi connectivity index (χ0n) is 9.81. The van der Waals surface area contributed by atoms with E-state index in [0.29, 0.717) is 5.56 Å². The highest BCUT2D eigenvalue weighted by molar-refractivity contribution is 9.10. The molecule has 0 bridgehead atoms. The summed E-state index contributed by atoms with van der Waals surface area (Å²) in [7, 11) is 0. The normalized spacial score (nSPS) is 12.6. The minimum absolute atomic E-state index is 0.0326. The van der Waals surface area contributed by atoms with Gasteiger partial charge in [0, 0.05) is 4.47 Å². The second kappa shape index (κ2) is 4.91. The molecular weight excluding hydrogens is 313 g/mol. The van der Waals surface area contributed by atoms with E-state index in [2.05, 4.69) is 15.9 Å². The van der Waals surface area contributed by atoms with Crippen LogP contribution in [0.3, 0.4) is 0 Å². The number of rotatable bonds is 3. The van der Waals surface area contributed by atoms with Gasteiger partial charge in [0.25, 0.3) is 0 Å². The summed E-state index contributed by atoms with van der Waals surface area (Å²) in [4.78, 5) is 11.0. The minimum Gasteiger partial charge on any atom is -0.481 e. The molecule has 0 heterocycles. The SMILES string of the molecule is CC(C)(Cc1cc(Br)cc(C(F)(F)F)c1)C(=O)O. The molecule has 0 spiro atoms. The van der Waals surface area contributed by atoms with Crippen molar-refractivity contribution in [3.05, 3.63) is 33.8 Å². The first-order valence-electron chi connectivity index (χ1n) is 5.12. The number of aliphatic carboxylic acids is 1. The molecule has 0 radical (unpaired) electrons. The van der Waals surface area contributed by atoms with Crippen molar-refractivity contribution in [2.24, 2.45) is 5.41 Å². The molecule has 0 aliphatic carbocycles. The molecule has 2 nitrogen and oxygen atoms in total. The number of hydrogen-bond acceptors (Lipinski definition) is 1. The predicted octanol–water partition coefficient (Wildman–Crippen LogP) is 4.12. The van der Waals surface area contributed by atoms with Crippen molar-refractivity contribution < 1.29 is 23.1 Å². The first-order chi connectivity index (χ1) is 8.02. The van der Waals surface area contributed by atoms with Crippen LogP contribution >= 0.6 is 15.9 Å². The maximum absolute atomic E-state index is 12.6. The molecule has 0 atom stereocenters. The summed E-state index contributed by atoms with van der Waals surface area (Å²) in [5, 5.41) is 8.97. The lowest BCUT2D eigenvalue weighted by molar-refractivity contribution is -0.146. The van der Waals surface area contributed by atoms with Crippen molar-refractivity contribution in [2.45, 2.75) is 26.4 Å². The number of benzene rings is 1. The van der Waals surface area contributed by atoms with Crippen LogP contribution in [0.4, 0.5) is 13.2 Å². The predicted molar refractivity (Wildman–Crippen MR) is 64.3 cm³/mol. The summed E-state index contributed by atoms with van der Waals surface area (Å²) in [6, 6.07) is 3.45. The van der Waals surface area contributed by atoms with Gasteiger partial charge >= 0.3 is 12.1 Å². The van der Waals surface area contributed by atoms with Crippen LogP contribution in [-0.2, 0) is 17.4 Å². The van der Waals surface area contributed by atoms with Crippen LogP contribution in [0.1, 0.15) is 25.0 Å². The van der Waals surface area contributed by atoms with Gasteiger partial charge in [-0.25, -0.2) is 0 Å². The Hall–Kier alpha value is -1.04. The van der Waals surface area contributed by atoms with E-state index in [0.717, 1.165) is 12.1 Å². The average molecular weight is 325 g/mol. The Labute approximate surface area is 111 Å². The number of carbonyl (C=O) groups is 1. The molecule has 0 amide bonds. The second-order valence-corrected chi connectivity index (χ2v) is 5.63. The largest absolute Gasteiger partial charge is 0.481 e. The Kier molecular flexibility index (Phi) is 4.10. The molecule has 0 aromatic heterocycles. The quantitative estimate of drug-likeness (QED) is 0.908. The fraction of sp³-hybridized carbons (Fsp3) is 0.417. The number of carboxylic acid groups (broad SMARTS) is 1. The molecule has 18 heavy (non-hydrogen) atoms. The first kappa shape index (κ1) is 15.0. The van der Waals surface area contributed by atoms with Gasteiger partial charge in [-0.15, -0.1) is 0 Å². The van der Waals surface area contributed by atoms with Gasteiger partial charge in [-0.2, -0.15) is 13.2 Å². The van der Waals surface area contributed by atoms with Gasteiger partial charge in [0.2, 0.25) is 0 Å². The van der Waals surface area contributed by atoms with Gasteiger partial charge < -0.3 is 5.11 Å². The van der Waals surface area contributed by atoms with Gasteiger partial charge in [0.15, 0.2) is 0 Å². The molecular formula is C12H12BrF3O2. The van der Waals surface area contributed by atoms with Crippen LogP contribution in [0.25, 0.3) is 0 Å². The molecule has 6 heteroatoms. The molecule has 0 saturated carbocycles. The van der Waals surface area contributed by atoms with Crippen molar-refractivity contribution in [3.8, 4) is 0 Å². The first-order valence-corrected chi connectivity index (χ1v) is 5.92. The lowest BCUT2D eigenvalue weighted by Crippen LogP contribution is -2.26. The fourth-order valence-corrected chi connectivity index (χ4v) is 2.04. The number of hydrogen-bond donors (Lipinski definition) is 1. The summed E-state index contributed by atoms with van der Waals surface area (Å²) >= 11 is 3.00. The van der Waals surface area contributed by atoms with Crippen molar-refractivity contribution in [1.82, 2.24) is 0 Å². The second-order valence-electron chi connectivity index (χ2n) is 4.71. The zero-order chi connectivity index (χ0) is 14.1. The van der Waals surface area contributed by atoms with Crippen molar-refractivity contribution in [1.29, 1.82) is 0 Å². The maximum atomic E-state index is 12.6. The molecule has 1 aromatic carbocycles. The number of carboxylic acids is 1. The Morgan fingerprint density at radius 2 is 1.83 bits per heavy atom. The Morgan fingerprint density at radius 3 is 2.28 bits per heavy atom. The molecule has 0 aliphatic heterocycles. The van der Waals surface area contributed by atoms with Gasteiger partial charge in [0.05, 0.1) is 11.0 Å². The molecule has 0 saturated heterocycles. The summed E-state index contributed by atoms with van der Waals surface area (Å²) in [6.45, 7) is 2.95. The lowest BCUT2D eigenvalue weighted by Gasteiger charge is -2.20. The monoisotopic (exact) mass is 324 g/mol. The van der Waals surface area contributed by atoms with Crippen LogP contribution in [0.5, 0.6) is 0 Å². The average Bonchev–Trinajstić information content (AvgIpc) is 2.13. The van der Waals surface area contributed by atoms with Crippen molar-refractivity contribution >= 4 is 21.9 Å². The minimum atomic E-state index is -4.44. The van der Waals surface area contributed by atoms with Gasteiger partial charge in [-0.1, -0.05) is 15.9 Å². The van der Waals surface area contributed by atoms with E-state index in [1.807, 2.05) is 0 Å². The Balaban J connectivity index is 3.12. The third-order valence-corrected chi connectivity index (χ3v) is 2.97. The Morgan fingerprint density at radius 1 is 1.28 bits per heavy atom. The maximum Gasteiger partial charge on any atom is 0.416 e. The van der Waals surface area contributed by atoms with Crippen LogP contribution in [-0.4, -0.2) is 11.1 Å². The Bertz CT molecular complexity index is 467. The van der Waals surface area contributed by atoms with E-state index in [-0.39, 0.29) is 10.9 Å². The van der Waals surface area contributed by atoms with Crippen LogP contribution in [0.2, 0.25) is 0 Å². The fourth-order valence-electron chi connectivity index (χ4n) is 1.50. The van der Waals surface area contributed by atoms with E-state index in [1.54, 1.807) is 0 Å². The third kappa shape index (κ3) is 3.73. The molecule has 0 aliphatic rings. The van der Waals surface area contributed by atoms with Crippen molar-refractivity contribution in [2.75, 3.05) is 0 Å². The van der Waals surface area contributed by atoms with Crippen LogP contribution in [0, 0.1) is 5.41 Å². The van der Waals surface area contributed by atoms with Gasteiger partial charge in [0.1, 0.15) is 0 Å². The van der Waals surface area contributed by atoms with Gasteiger partial charge in [-0.3, -0.25) is 4.79 Å². The third-order valence-electron chi connectivity index (χ3n) is 2.51. The summed E-state index contributed by atoms with van der Waals surface area (Å²) < 4.78 is 38.1. The van der Waals surface area contributed by atoms with E-state index >= 15 is 0 Å². The molecule has 1 rings (SSSR count). The molecule has 100 valence electrons. The number of halogens is 4. The van der Waals surface area contributed by atoms with Gasteiger partial charge in [-0.05, 0) is 44.0 Å². The van der Waals surface area contributed by atoms with Crippen molar-refractivity contribution in [3.63, 3.8) is 0 Å². The summed E-state index contributed by atoms with van der Waals surface area (Å²) in [5.41, 5.74) is -1.55. The molecule has 0 unspecified atom stereocenters. The molecule has 1 aromatic rings. The van der Waals surface area contributed by atoms with E-state index < -0.39 is 23.1 Å². The topological polar surface area (TPSA) is 37.3 Å². The van der Waals surface area contributed by atoms with Crippen LogP contribution in [0.15, 0.2) is 22.7 Å². The van der Waals surface area contributed by atoms with E-state index in [4.69, 9.17) is 5.11 Å². The molecule has 0 fully saturated rings. The highest BCUT2D eigenvalue weighted by Gasteiger charge is 2.32. The number of alkyl halides is 3. The summed E-state index contributed by atoms with van der Waals surface area (Å²) in [6.07, 6.45) is -4.41. The molecule has 1 N–H and O–H groups in total. The lowest BCUT2D eigenvalue weighted by atomic mass is 9.85. The van der Waals surface area contributed by atoms with E-state index in [9.17, 15) is 18.0 Å². The standard InChI is InChI=1S/C12H12BrF3O2/c1-11(2,10(17)18)6-7-3-8(12(14,15)16)5-9(13)4-7/h3-5H,6H2,1-2H3,(H,17,18). The summed E-state index contributed by atoms with van der Waals surface area (Å²) in [5.74, 6) is -1.05. The highest BCUT2D eigenvalue weighted by Crippen LogP contribution is 2.33. The smallest absolute Gasteiger partial charge is 0.416 e. The highest BCUT2D eigenvalue weighted by atomic mass is 79.9. The van der Waals surface area contributed by atoms with Crippen LogP contribution < -0.4 is 0 Å².